The molecule has 0 radical (unpaired) electrons. The van der Waals surface area contributed by atoms with Crippen LogP contribution in [0.15, 0.2) is 30.5 Å². The third-order valence-corrected chi connectivity index (χ3v) is 4.66. The molecule has 1 saturated heterocycles. The number of para-hydroxylation sites is 1. The highest BCUT2D eigenvalue weighted by atomic mass is 19.4. The van der Waals surface area contributed by atoms with Gasteiger partial charge in [-0.1, -0.05) is 6.07 Å². The van der Waals surface area contributed by atoms with Crippen LogP contribution < -0.4 is 14.2 Å². The maximum Gasteiger partial charge on any atom is 0.433 e. The van der Waals surface area contributed by atoms with Gasteiger partial charge in [0.05, 0.1) is 12.1 Å². The summed E-state index contributed by atoms with van der Waals surface area (Å²) in [6.45, 7) is 1.49. The van der Waals surface area contributed by atoms with Crippen molar-refractivity contribution in [2.45, 2.75) is 25.1 Å². The van der Waals surface area contributed by atoms with Crippen molar-refractivity contribution in [1.82, 2.24) is 14.9 Å². The van der Waals surface area contributed by atoms with E-state index in [0.717, 1.165) is 12.3 Å². The zero-order valence-corrected chi connectivity index (χ0v) is 15.3. The molecule has 1 fully saturated rings. The van der Waals surface area contributed by atoms with E-state index in [9.17, 15) is 18.0 Å². The quantitative estimate of drug-likeness (QED) is 0.776. The lowest BCUT2D eigenvalue weighted by molar-refractivity contribution is -0.141. The number of likely N-dealkylation sites (tertiary alicyclic amines) is 1. The number of fused-ring (bicyclic) bond motifs is 1. The average molecular weight is 409 g/mol. The Bertz CT molecular complexity index is 907. The predicted octanol–water partition coefficient (Wildman–Crippen LogP) is 2.95. The number of benzene rings is 1. The van der Waals surface area contributed by atoms with Crippen molar-refractivity contribution in [3.8, 4) is 17.5 Å². The molecule has 1 atom stereocenters. The van der Waals surface area contributed by atoms with E-state index in [2.05, 4.69) is 9.97 Å². The molecule has 0 saturated carbocycles. The number of rotatable bonds is 3. The summed E-state index contributed by atoms with van der Waals surface area (Å²) < 4.78 is 55.1. The summed E-state index contributed by atoms with van der Waals surface area (Å²) in [5.41, 5.74) is -0.683. The molecule has 154 valence electrons. The molecule has 1 aromatic carbocycles. The van der Waals surface area contributed by atoms with Gasteiger partial charge < -0.3 is 19.1 Å². The molecular weight excluding hydrogens is 391 g/mol. The number of nitrogens with zero attached hydrogens (tertiary/aromatic N) is 3. The Morgan fingerprint density at radius 1 is 1.21 bits per heavy atom. The molecule has 3 heterocycles. The molecule has 0 bridgehead atoms. The highest BCUT2D eigenvalue weighted by Gasteiger charge is 2.34. The molecule has 29 heavy (non-hydrogen) atoms. The van der Waals surface area contributed by atoms with Gasteiger partial charge in [-0.2, -0.15) is 18.2 Å². The van der Waals surface area contributed by atoms with Crippen LogP contribution in [0.2, 0.25) is 0 Å². The monoisotopic (exact) mass is 409 g/mol. The topological polar surface area (TPSA) is 73.8 Å². The standard InChI is InChI=1S/C19H18F3N3O4/c20-19(21,22)15-6-7-23-18(24-15)29-12-3-2-8-25(11-12)17(26)13-4-1-5-14-16(13)28-10-9-27-14/h1,4-7,12H,2-3,8-11H2. The van der Waals surface area contributed by atoms with E-state index in [1.165, 1.54) is 0 Å². The van der Waals surface area contributed by atoms with Crippen LogP contribution in [0.1, 0.15) is 28.9 Å². The van der Waals surface area contributed by atoms with Crippen molar-refractivity contribution in [2.24, 2.45) is 0 Å². The van der Waals surface area contributed by atoms with Crippen LogP contribution >= 0.6 is 0 Å². The molecule has 0 aliphatic carbocycles. The Kier molecular flexibility index (Phi) is 5.16. The smallest absolute Gasteiger partial charge is 0.433 e. The van der Waals surface area contributed by atoms with Crippen LogP contribution in [0.3, 0.4) is 0 Å². The molecule has 1 amide bonds. The molecule has 1 aromatic heterocycles. The average Bonchev–Trinajstić information content (AvgIpc) is 2.72. The summed E-state index contributed by atoms with van der Waals surface area (Å²) in [6.07, 6.45) is -2.86. The summed E-state index contributed by atoms with van der Waals surface area (Å²) in [6, 6.07) is 5.54. The summed E-state index contributed by atoms with van der Waals surface area (Å²) in [5, 5.41) is 0. The molecule has 4 rings (SSSR count). The van der Waals surface area contributed by atoms with Gasteiger partial charge in [0.1, 0.15) is 19.3 Å². The predicted molar refractivity (Wildman–Crippen MR) is 94.0 cm³/mol. The Morgan fingerprint density at radius 3 is 2.86 bits per heavy atom. The molecule has 10 heteroatoms. The first-order valence-corrected chi connectivity index (χ1v) is 9.16. The normalized spacial score (nSPS) is 19.0. The van der Waals surface area contributed by atoms with E-state index >= 15 is 0 Å². The van der Waals surface area contributed by atoms with Gasteiger partial charge in [-0.25, -0.2) is 4.98 Å². The number of carbonyl (C=O) groups is 1. The van der Waals surface area contributed by atoms with Crippen LogP contribution in [-0.2, 0) is 6.18 Å². The van der Waals surface area contributed by atoms with Gasteiger partial charge in [0, 0.05) is 12.7 Å². The molecule has 0 spiro atoms. The van der Waals surface area contributed by atoms with Crippen molar-refractivity contribution in [1.29, 1.82) is 0 Å². The number of alkyl halides is 3. The zero-order chi connectivity index (χ0) is 20.4. The number of amides is 1. The largest absolute Gasteiger partial charge is 0.486 e. The first-order valence-electron chi connectivity index (χ1n) is 9.16. The Morgan fingerprint density at radius 2 is 2.03 bits per heavy atom. The number of ether oxygens (including phenoxy) is 3. The van der Waals surface area contributed by atoms with Crippen LogP contribution in [0.25, 0.3) is 0 Å². The summed E-state index contributed by atoms with van der Waals surface area (Å²) in [4.78, 5) is 21.8. The minimum atomic E-state index is -4.58. The van der Waals surface area contributed by atoms with Crippen LogP contribution in [-0.4, -0.2) is 53.2 Å². The Hall–Kier alpha value is -3.04. The van der Waals surface area contributed by atoms with Crippen molar-refractivity contribution in [2.75, 3.05) is 26.3 Å². The summed E-state index contributed by atoms with van der Waals surface area (Å²) in [5.74, 6) is 0.683. The van der Waals surface area contributed by atoms with Gasteiger partial charge in [-0.15, -0.1) is 0 Å². The van der Waals surface area contributed by atoms with Gasteiger partial charge in [0.25, 0.3) is 5.91 Å². The molecule has 7 nitrogen and oxygen atoms in total. The lowest BCUT2D eigenvalue weighted by atomic mass is 10.1. The highest BCUT2D eigenvalue weighted by Crippen LogP contribution is 2.35. The number of piperidine rings is 1. The third-order valence-electron chi connectivity index (χ3n) is 4.66. The van der Waals surface area contributed by atoms with Crippen molar-refractivity contribution in [3.63, 3.8) is 0 Å². The second-order valence-electron chi connectivity index (χ2n) is 6.69. The maximum absolute atomic E-state index is 13.0. The van der Waals surface area contributed by atoms with E-state index in [1.807, 2.05) is 0 Å². The van der Waals surface area contributed by atoms with E-state index in [-0.39, 0.29) is 18.5 Å². The minimum Gasteiger partial charge on any atom is -0.486 e. The van der Waals surface area contributed by atoms with E-state index in [0.29, 0.717) is 49.7 Å². The Balaban J connectivity index is 1.47. The Labute approximate surface area is 164 Å². The van der Waals surface area contributed by atoms with Gasteiger partial charge in [-0.05, 0) is 31.0 Å². The first-order chi connectivity index (χ1) is 13.9. The number of hydrogen-bond acceptors (Lipinski definition) is 6. The van der Waals surface area contributed by atoms with E-state index in [4.69, 9.17) is 14.2 Å². The fraction of sp³-hybridized carbons (Fsp3) is 0.421. The fourth-order valence-corrected chi connectivity index (χ4v) is 3.34. The van der Waals surface area contributed by atoms with Gasteiger partial charge in [0.15, 0.2) is 17.2 Å². The summed E-state index contributed by atoms with van der Waals surface area (Å²) >= 11 is 0. The molecule has 1 unspecified atom stereocenters. The number of hydrogen-bond donors (Lipinski definition) is 0. The lowest BCUT2D eigenvalue weighted by Crippen LogP contribution is -2.44. The third kappa shape index (κ3) is 4.20. The SMILES string of the molecule is O=C(c1cccc2c1OCCO2)N1CCCC(Oc2nccc(C(F)(F)F)n2)C1. The molecule has 2 aliphatic rings. The molecular formula is C19H18F3N3O4. The van der Waals surface area contributed by atoms with Crippen LogP contribution in [0.5, 0.6) is 17.5 Å². The fourth-order valence-electron chi connectivity index (χ4n) is 3.34. The highest BCUT2D eigenvalue weighted by molar-refractivity contribution is 5.98. The zero-order valence-electron chi connectivity index (χ0n) is 15.3. The number of carbonyl (C=O) groups excluding carboxylic acids is 1. The first kappa shape index (κ1) is 19.3. The van der Waals surface area contributed by atoms with Crippen LogP contribution in [0.4, 0.5) is 13.2 Å². The van der Waals surface area contributed by atoms with Crippen molar-refractivity contribution >= 4 is 5.91 Å². The van der Waals surface area contributed by atoms with E-state index in [1.54, 1.807) is 23.1 Å². The molecule has 2 aliphatic heterocycles. The van der Waals surface area contributed by atoms with Crippen molar-refractivity contribution < 1.29 is 32.2 Å². The lowest BCUT2D eigenvalue weighted by Gasteiger charge is -2.33. The van der Waals surface area contributed by atoms with Crippen LogP contribution in [0, 0.1) is 0 Å². The van der Waals surface area contributed by atoms with E-state index < -0.39 is 18.0 Å². The van der Waals surface area contributed by atoms with Gasteiger partial charge in [-0.3, -0.25) is 4.79 Å². The molecule has 0 N–H and O–H groups in total. The number of aromatic nitrogens is 2. The van der Waals surface area contributed by atoms with Crippen molar-refractivity contribution in [3.05, 3.63) is 41.7 Å². The second kappa shape index (κ2) is 7.76. The molecule has 2 aromatic rings. The minimum absolute atomic E-state index is 0.211. The number of halogens is 3. The maximum atomic E-state index is 13.0. The summed E-state index contributed by atoms with van der Waals surface area (Å²) in [7, 11) is 0. The van der Waals surface area contributed by atoms with Gasteiger partial charge >= 0.3 is 12.2 Å². The van der Waals surface area contributed by atoms with Gasteiger partial charge in [0.2, 0.25) is 0 Å². The second-order valence-corrected chi connectivity index (χ2v) is 6.69.